The van der Waals surface area contributed by atoms with Gasteiger partial charge in [-0.15, -0.1) is 0 Å². The molecule has 0 unspecified atom stereocenters. The van der Waals surface area contributed by atoms with Crippen molar-refractivity contribution >= 4 is 27.3 Å². The number of carbonyl (C=O) groups excluding carboxylic acids is 1. The summed E-state index contributed by atoms with van der Waals surface area (Å²) in [6.07, 6.45) is 3.99. The fourth-order valence-electron chi connectivity index (χ4n) is 3.89. The predicted molar refractivity (Wildman–Crippen MR) is 121 cm³/mol. The monoisotopic (exact) mass is 468 g/mol. The molecule has 2 heterocycles. The molecule has 5 rings (SSSR count). The van der Waals surface area contributed by atoms with E-state index in [0.717, 1.165) is 31.2 Å². The van der Waals surface area contributed by atoms with Crippen molar-refractivity contribution in [3.63, 3.8) is 0 Å². The molecule has 0 radical (unpaired) electrons. The van der Waals surface area contributed by atoms with E-state index in [2.05, 4.69) is 14.9 Å². The van der Waals surface area contributed by atoms with Gasteiger partial charge < -0.3 is 9.26 Å². The van der Waals surface area contributed by atoms with Crippen LogP contribution in [-0.4, -0.2) is 31.1 Å². The number of benzene rings is 2. The Morgan fingerprint density at radius 1 is 1.18 bits per heavy atom. The third-order valence-corrected chi connectivity index (χ3v) is 7.39. The fourth-order valence-corrected chi connectivity index (χ4v) is 4.95. The first-order chi connectivity index (χ1) is 15.9. The van der Waals surface area contributed by atoms with E-state index in [-0.39, 0.29) is 29.9 Å². The maximum atomic E-state index is 13.1. The average Bonchev–Trinajstić information content (AvgIpc) is 3.21. The number of hydrogen-bond donors (Lipinski definition) is 1. The second-order valence-electron chi connectivity index (χ2n) is 8.23. The summed E-state index contributed by atoms with van der Waals surface area (Å²) in [6, 6.07) is 11.7. The minimum absolute atomic E-state index is 0.0229. The summed E-state index contributed by atoms with van der Waals surface area (Å²) in [5.41, 5.74) is 1.85. The van der Waals surface area contributed by atoms with E-state index in [1.807, 2.05) is 13.0 Å². The number of aromatic nitrogens is 2. The zero-order valence-electron chi connectivity index (χ0n) is 18.2. The molecule has 1 N–H and O–H groups in total. The zero-order valence-corrected chi connectivity index (χ0v) is 19.0. The molecule has 0 bridgehead atoms. The van der Waals surface area contributed by atoms with E-state index >= 15 is 0 Å². The predicted octanol–water partition coefficient (Wildman–Crippen LogP) is 3.63. The van der Waals surface area contributed by atoms with Crippen LogP contribution in [0.4, 0.5) is 11.4 Å². The molecular weight excluding hydrogens is 444 g/mol. The number of sulfonamides is 1. The first kappa shape index (κ1) is 21.4. The van der Waals surface area contributed by atoms with E-state index < -0.39 is 10.0 Å². The number of carbonyl (C=O) groups is 1. The van der Waals surface area contributed by atoms with Crippen LogP contribution in [-0.2, 0) is 27.8 Å². The Morgan fingerprint density at radius 3 is 2.79 bits per heavy atom. The summed E-state index contributed by atoms with van der Waals surface area (Å²) in [4.78, 5) is 18.5. The van der Waals surface area contributed by atoms with Crippen LogP contribution < -0.4 is 14.4 Å². The molecule has 9 nitrogen and oxygen atoms in total. The molecule has 0 atom stereocenters. The number of nitrogens with zero attached hydrogens (tertiary/aromatic N) is 3. The van der Waals surface area contributed by atoms with Crippen LogP contribution in [0.1, 0.15) is 49.4 Å². The van der Waals surface area contributed by atoms with Crippen LogP contribution in [0.3, 0.4) is 0 Å². The number of aryl methyl sites for hydroxylation is 1. The van der Waals surface area contributed by atoms with Crippen molar-refractivity contribution in [3.05, 3.63) is 59.7 Å². The molecule has 2 aliphatic rings. The maximum Gasteiger partial charge on any atom is 0.265 e. The minimum atomic E-state index is -3.88. The molecule has 1 fully saturated rings. The molecule has 10 heteroatoms. The number of fused-ring (bicyclic) bond motifs is 1. The lowest BCUT2D eigenvalue weighted by molar-refractivity contribution is -0.121. The van der Waals surface area contributed by atoms with Crippen molar-refractivity contribution in [1.82, 2.24) is 10.1 Å². The number of nitrogens with one attached hydrogen (secondary N) is 1. The Bertz CT molecular complexity index is 1300. The summed E-state index contributed by atoms with van der Waals surface area (Å²) in [5, 5.41) is 4.01. The lowest BCUT2D eigenvalue weighted by atomic mass is 9.85. The Balaban J connectivity index is 1.42. The molecule has 1 aliphatic carbocycles. The molecular formula is C23H24N4O5S. The second kappa shape index (κ2) is 8.51. The highest BCUT2D eigenvalue weighted by molar-refractivity contribution is 7.92. The molecule has 1 amide bonds. The van der Waals surface area contributed by atoms with Crippen molar-refractivity contribution in [2.24, 2.45) is 0 Å². The highest BCUT2D eigenvalue weighted by Crippen LogP contribution is 2.37. The maximum absolute atomic E-state index is 13.1. The lowest BCUT2D eigenvalue weighted by Crippen LogP contribution is -2.38. The SMILES string of the molecule is CCc1cccc(NS(=O)(=O)c2ccc3c(c2)N(Cc2noc(C4CCC4)n2)C(=O)CO3)c1. The van der Waals surface area contributed by atoms with E-state index in [0.29, 0.717) is 28.8 Å². The van der Waals surface area contributed by atoms with E-state index in [1.165, 1.54) is 17.0 Å². The van der Waals surface area contributed by atoms with Crippen LogP contribution in [0.5, 0.6) is 5.75 Å². The summed E-state index contributed by atoms with van der Waals surface area (Å²) in [5.74, 6) is 1.36. The number of amides is 1. The van der Waals surface area contributed by atoms with Crippen molar-refractivity contribution in [2.45, 2.75) is 50.0 Å². The van der Waals surface area contributed by atoms with Crippen LogP contribution >= 0.6 is 0 Å². The highest BCUT2D eigenvalue weighted by atomic mass is 32.2. The topological polar surface area (TPSA) is 115 Å². The zero-order chi connectivity index (χ0) is 23.0. The Kier molecular flexibility index (Phi) is 5.53. The lowest BCUT2D eigenvalue weighted by Gasteiger charge is -2.28. The van der Waals surface area contributed by atoms with Crippen molar-refractivity contribution < 1.29 is 22.5 Å². The molecule has 33 heavy (non-hydrogen) atoms. The van der Waals surface area contributed by atoms with Gasteiger partial charge in [0.15, 0.2) is 12.4 Å². The van der Waals surface area contributed by atoms with Gasteiger partial charge in [-0.25, -0.2) is 8.42 Å². The van der Waals surface area contributed by atoms with E-state index in [4.69, 9.17) is 9.26 Å². The van der Waals surface area contributed by atoms with Gasteiger partial charge >= 0.3 is 0 Å². The molecule has 1 saturated carbocycles. The Hall–Kier alpha value is -3.40. The number of rotatable bonds is 7. The van der Waals surface area contributed by atoms with Gasteiger partial charge in [-0.2, -0.15) is 4.98 Å². The highest BCUT2D eigenvalue weighted by Gasteiger charge is 2.30. The Labute approximate surface area is 191 Å². The van der Waals surface area contributed by atoms with Crippen molar-refractivity contribution in [3.8, 4) is 5.75 Å². The van der Waals surface area contributed by atoms with Gasteiger partial charge in [0, 0.05) is 11.6 Å². The molecule has 3 aromatic rings. The first-order valence-corrected chi connectivity index (χ1v) is 12.4. The minimum Gasteiger partial charge on any atom is -0.482 e. The summed E-state index contributed by atoms with van der Waals surface area (Å²) in [7, 11) is -3.88. The van der Waals surface area contributed by atoms with Gasteiger partial charge in [-0.3, -0.25) is 14.4 Å². The van der Waals surface area contributed by atoms with Gasteiger partial charge in [0.25, 0.3) is 15.9 Å². The molecule has 2 aromatic carbocycles. The largest absolute Gasteiger partial charge is 0.482 e. The summed E-state index contributed by atoms with van der Waals surface area (Å²) >= 11 is 0. The molecule has 0 spiro atoms. The van der Waals surface area contributed by atoms with Gasteiger partial charge in [-0.1, -0.05) is 30.6 Å². The van der Waals surface area contributed by atoms with Crippen molar-refractivity contribution in [2.75, 3.05) is 16.2 Å². The fraction of sp³-hybridized carbons (Fsp3) is 0.348. The molecule has 0 saturated heterocycles. The normalized spacial score (nSPS) is 16.2. The van der Waals surface area contributed by atoms with E-state index in [1.54, 1.807) is 24.3 Å². The average molecular weight is 469 g/mol. The third kappa shape index (κ3) is 4.30. The Morgan fingerprint density at radius 2 is 2.03 bits per heavy atom. The first-order valence-electron chi connectivity index (χ1n) is 10.9. The van der Waals surface area contributed by atoms with Gasteiger partial charge in [0.05, 0.1) is 17.1 Å². The number of ether oxygens (including phenoxy) is 1. The van der Waals surface area contributed by atoms with E-state index in [9.17, 15) is 13.2 Å². The van der Waals surface area contributed by atoms with Gasteiger partial charge in [0.1, 0.15) is 5.75 Å². The van der Waals surface area contributed by atoms with Crippen LogP contribution in [0.25, 0.3) is 0 Å². The molecule has 172 valence electrons. The quantitative estimate of drug-likeness (QED) is 0.563. The summed E-state index contributed by atoms with van der Waals surface area (Å²) < 4.78 is 39.6. The summed E-state index contributed by atoms with van der Waals surface area (Å²) in [6.45, 7) is 1.93. The van der Waals surface area contributed by atoms with Crippen LogP contribution in [0, 0.1) is 0 Å². The molecule has 1 aromatic heterocycles. The second-order valence-corrected chi connectivity index (χ2v) is 9.92. The van der Waals surface area contributed by atoms with Gasteiger partial charge in [-0.05, 0) is 55.2 Å². The smallest absolute Gasteiger partial charge is 0.265 e. The van der Waals surface area contributed by atoms with Crippen LogP contribution in [0.15, 0.2) is 51.9 Å². The number of hydrogen-bond acceptors (Lipinski definition) is 7. The van der Waals surface area contributed by atoms with Crippen molar-refractivity contribution in [1.29, 1.82) is 0 Å². The van der Waals surface area contributed by atoms with Gasteiger partial charge in [0.2, 0.25) is 5.89 Å². The number of anilines is 2. The standard InChI is InChI=1S/C23H24N4O5S/c1-2-15-5-3-8-17(11-15)26-33(29,30)18-9-10-20-19(12-18)27(22(28)14-31-20)13-21-24-23(32-25-21)16-6-4-7-16/h3,5,8-12,16,26H,2,4,6-7,13-14H2,1H3. The third-order valence-electron chi connectivity index (χ3n) is 6.01. The molecule has 1 aliphatic heterocycles. The van der Waals surface area contributed by atoms with Crippen LogP contribution in [0.2, 0.25) is 0 Å².